The smallest absolute Gasteiger partial charge is 0.204 e. The molecule has 1 aromatic heterocycles. The second-order valence-corrected chi connectivity index (χ2v) is 6.41. The van der Waals surface area contributed by atoms with Gasteiger partial charge in [-0.25, -0.2) is 4.98 Å². The molecule has 5 heteroatoms. The Kier molecular flexibility index (Phi) is 3.56. The highest BCUT2D eigenvalue weighted by molar-refractivity contribution is 9.11. The Hall–Kier alpha value is -0.520. The molecule has 0 radical (unpaired) electrons. The van der Waals surface area contributed by atoms with Crippen molar-refractivity contribution < 1.29 is 4.79 Å². The Labute approximate surface area is 114 Å². The summed E-state index contributed by atoms with van der Waals surface area (Å²) in [5.41, 5.74) is 1.45. The lowest BCUT2D eigenvalue weighted by atomic mass is 10.1. The largest absolute Gasteiger partial charge is 0.288 e. The lowest BCUT2D eigenvalue weighted by molar-refractivity contribution is 0.104. The van der Waals surface area contributed by atoms with Crippen LogP contribution in [0.25, 0.3) is 0 Å². The number of benzene rings is 1. The first-order chi connectivity index (χ1) is 7.58. The standard InChI is InChI=1S/C11H7Br2NOS/c1-6-10(16-11(13)14-6)9(15)7-2-4-8(12)5-3-7/h2-5H,1H3. The number of hydrogen-bond donors (Lipinski definition) is 0. The third-order valence-corrected chi connectivity index (χ3v) is 4.22. The van der Waals surface area contributed by atoms with E-state index in [-0.39, 0.29) is 5.78 Å². The summed E-state index contributed by atoms with van der Waals surface area (Å²) in [6.45, 7) is 1.84. The van der Waals surface area contributed by atoms with Crippen LogP contribution in [0.2, 0.25) is 0 Å². The van der Waals surface area contributed by atoms with Crippen molar-refractivity contribution in [2.45, 2.75) is 6.92 Å². The highest BCUT2D eigenvalue weighted by Crippen LogP contribution is 2.25. The first-order valence-corrected chi connectivity index (χ1v) is 6.91. The van der Waals surface area contributed by atoms with Crippen molar-refractivity contribution in [1.29, 1.82) is 0 Å². The Bertz CT molecular complexity index is 533. The van der Waals surface area contributed by atoms with Crippen molar-refractivity contribution in [3.8, 4) is 0 Å². The number of thiazole rings is 1. The zero-order valence-corrected chi connectivity index (χ0v) is 12.3. The van der Waals surface area contributed by atoms with E-state index in [0.29, 0.717) is 10.4 Å². The first-order valence-electron chi connectivity index (χ1n) is 4.51. The van der Waals surface area contributed by atoms with E-state index in [1.54, 1.807) is 12.1 Å². The molecule has 0 N–H and O–H groups in total. The maximum Gasteiger partial charge on any atom is 0.204 e. The first kappa shape index (κ1) is 12.0. The summed E-state index contributed by atoms with van der Waals surface area (Å²) in [5.74, 6) is 0.0215. The lowest BCUT2D eigenvalue weighted by Gasteiger charge is -1.98. The minimum atomic E-state index is 0.0215. The minimum absolute atomic E-state index is 0.0215. The van der Waals surface area contributed by atoms with E-state index in [9.17, 15) is 4.79 Å². The normalized spacial score (nSPS) is 10.4. The molecular weight excluding hydrogens is 354 g/mol. The molecule has 0 saturated carbocycles. The highest BCUT2D eigenvalue weighted by atomic mass is 79.9. The molecule has 0 bridgehead atoms. The van der Waals surface area contributed by atoms with E-state index in [4.69, 9.17) is 0 Å². The summed E-state index contributed by atoms with van der Waals surface area (Å²) in [6.07, 6.45) is 0. The zero-order valence-electron chi connectivity index (χ0n) is 8.33. The molecule has 2 aromatic rings. The van der Waals surface area contributed by atoms with Crippen LogP contribution in [-0.2, 0) is 0 Å². The molecule has 0 spiro atoms. The van der Waals surface area contributed by atoms with Crippen LogP contribution in [0.15, 0.2) is 32.7 Å². The topological polar surface area (TPSA) is 30.0 Å². The summed E-state index contributed by atoms with van der Waals surface area (Å²) in [5, 5.41) is 0. The summed E-state index contributed by atoms with van der Waals surface area (Å²) in [6, 6.07) is 7.33. The second kappa shape index (κ2) is 4.77. The molecule has 0 atom stereocenters. The number of carbonyl (C=O) groups excluding carboxylic acids is 1. The molecule has 0 aliphatic rings. The van der Waals surface area contributed by atoms with E-state index in [1.807, 2.05) is 19.1 Å². The molecule has 16 heavy (non-hydrogen) atoms. The van der Waals surface area contributed by atoms with Gasteiger partial charge < -0.3 is 0 Å². The fourth-order valence-corrected chi connectivity index (χ4v) is 3.08. The van der Waals surface area contributed by atoms with Gasteiger partial charge in [0.2, 0.25) is 5.78 Å². The minimum Gasteiger partial charge on any atom is -0.288 e. The van der Waals surface area contributed by atoms with Crippen molar-refractivity contribution in [3.05, 3.63) is 48.8 Å². The van der Waals surface area contributed by atoms with Crippen LogP contribution in [0.3, 0.4) is 0 Å². The number of carbonyl (C=O) groups is 1. The predicted octanol–water partition coefficient (Wildman–Crippen LogP) is 4.21. The van der Waals surface area contributed by atoms with Crippen molar-refractivity contribution in [2.75, 3.05) is 0 Å². The molecule has 0 amide bonds. The molecule has 0 unspecified atom stereocenters. The second-order valence-electron chi connectivity index (χ2n) is 3.22. The summed E-state index contributed by atoms with van der Waals surface area (Å²) >= 11 is 7.99. The SMILES string of the molecule is Cc1nc(Br)sc1C(=O)c1ccc(Br)cc1. The molecular formula is C11H7Br2NOS. The third kappa shape index (κ3) is 2.42. The summed E-state index contributed by atoms with van der Waals surface area (Å²) in [7, 11) is 0. The van der Waals surface area contributed by atoms with Gasteiger partial charge in [0.15, 0.2) is 3.92 Å². The molecule has 1 heterocycles. The van der Waals surface area contributed by atoms with Gasteiger partial charge in [-0.15, -0.1) is 11.3 Å². The Morgan fingerprint density at radius 1 is 1.25 bits per heavy atom. The van der Waals surface area contributed by atoms with Crippen LogP contribution >= 0.6 is 43.2 Å². The van der Waals surface area contributed by atoms with Crippen LogP contribution in [-0.4, -0.2) is 10.8 Å². The maximum absolute atomic E-state index is 12.1. The van der Waals surface area contributed by atoms with Gasteiger partial charge in [0.25, 0.3) is 0 Å². The molecule has 0 fully saturated rings. The quantitative estimate of drug-likeness (QED) is 0.751. The molecule has 0 saturated heterocycles. The lowest BCUT2D eigenvalue weighted by Crippen LogP contribution is -2.00. The van der Waals surface area contributed by atoms with Gasteiger partial charge in [0, 0.05) is 10.0 Å². The fourth-order valence-electron chi connectivity index (χ4n) is 1.31. The fraction of sp³-hybridized carbons (Fsp3) is 0.0909. The average molecular weight is 361 g/mol. The van der Waals surface area contributed by atoms with Crippen molar-refractivity contribution >= 4 is 49.0 Å². The van der Waals surface area contributed by atoms with Crippen molar-refractivity contribution in [1.82, 2.24) is 4.98 Å². The van der Waals surface area contributed by atoms with Gasteiger partial charge in [0.1, 0.15) is 0 Å². The van der Waals surface area contributed by atoms with E-state index in [0.717, 1.165) is 14.1 Å². The Morgan fingerprint density at radius 2 is 1.88 bits per heavy atom. The van der Waals surface area contributed by atoms with E-state index < -0.39 is 0 Å². The summed E-state index contributed by atoms with van der Waals surface area (Å²) < 4.78 is 1.71. The summed E-state index contributed by atoms with van der Waals surface area (Å²) in [4.78, 5) is 17.0. The van der Waals surface area contributed by atoms with Crippen LogP contribution in [0.5, 0.6) is 0 Å². The number of nitrogens with zero attached hydrogens (tertiary/aromatic N) is 1. The third-order valence-electron chi connectivity index (χ3n) is 2.08. The molecule has 0 aliphatic heterocycles. The Balaban J connectivity index is 2.39. The average Bonchev–Trinajstić information content (AvgIpc) is 2.58. The molecule has 0 aliphatic carbocycles. The van der Waals surface area contributed by atoms with Gasteiger partial charge in [-0.1, -0.05) is 15.9 Å². The van der Waals surface area contributed by atoms with Gasteiger partial charge in [-0.2, -0.15) is 0 Å². The number of ketones is 1. The molecule has 82 valence electrons. The van der Waals surface area contributed by atoms with Crippen molar-refractivity contribution in [3.63, 3.8) is 0 Å². The van der Waals surface area contributed by atoms with Crippen LogP contribution in [0, 0.1) is 6.92 Å². The number of rotatable bonds is 2. The highest BCUT2D eigenvalue weighted by Gasteiger charge is 2.15. The van der Waals surface area contributed by atoms with E-state index in [2.05, 4.69) is 36.8 Å². The Morgan fingerprint density at radius 3 is 2.38 bits per heavy atom. The van der Waals surface area contributed by atoms with Gasteiger partial charge in [-0.05, 0) is 47.1 Å². The predicted molar refractivity (Wildman–Crippen MR) is 72.1 cm³/mol. The molecule has 2 rings (SSSR count). The van der Waals surface area contributed by atoms with Crippen LogP contribution in [0.1, 0.15) is 20.9 Å². The van der Waals surface area contributed by atoms with Gasteiger partial charge >= 0.3 is 0 Å². The number of aryl methyl sites for hydroxylation is 1. The molecule has 1 aromatic carbocycles. The van der Waals surface area contributed by atoms with Crippen LogP contribution < -0.4 is 0 Å². The number of aromatic nitrogens is 1. The van der Waals surface area contributed by atoms with E-state index >= 15 is 0 Å². The monoisotopic (exact) mass is 359 g/mol. The maximum atomic E-state index is 12.1. The number of halogens is 2. The molecule has 2 nitrogen and oxygen atoms in total. The van der Waals surface area contributed by atoms with Gasteiger partial charge in [0.05, 0.1) is 10.6 Å². The van der Waals surface area contributed by atoms with Crippen molar-refractivity contribution in [2.24, 2.45) is 0 Å². The zero-order chi connectivity index (χ0) is 11.7. The van der Waals surface area contributed by atoms with E-state index in [1.165, 1.54) is 11.3 Å². The van der Waals surface area contributed by atoms with Gasteiger partial charge in [-0.3, -0.25) is 4.79 Å². The number of hydrogen-bond acceptors (Lipinski definition) is 3. The van der Waals surface area contributed by atoms with Crippen LogP contribution in [0.4, 0.5) is 0 Å².